The summed E-state index contributed by atoms with van der Waals surface area (Å²) in [5, 5.41) is 0. The van der Waals surface area contributed by atoms with Gasteiger partial charge in [-0.05, 0) is 18.1 Å². The van der Waals surface area contributed by atoms with E-state index in [-0.39, 0.29) is 5.92 Å². The van der Waals surface area contributed by atoms with Crippen LogP contribution in [-0.2, 0) is 0 Å². The average molecular weight is 146 g/mol. The molecule has 1 unspecified atom stereocenters. The Hall–Kier alpha value is -1.11. The first-order valence-corrected chi connectivity index (χ1v) is 3.85. The van der Waals surface area contributed by atoms with Gasteiger partial charge in [-0.15, -0.1) is 0 Å². The zero-order valence-electron chi connectivity index (χ0n) is 6.72. The van der Waals surface area contributed by atoms with Crippen molar-refractivity contribution in [3.63, 3.8) is 0 Å². The Morgan fingerprint density at radius 3 is 2.73 bits per heavy atom. The Balaban J connectivity index is 2.66. The lowest BCUT2D eigenvalue weighted by molar-refractivity contribution is 0.0934. The predicted octanol–water partition coefficient (Wildman–Crippen LogP) is 2.29. The van der Waals surface area contributed by atoms with Gasteiger partial charge in [0.05, 0.1) is 0 Å². The quantitative estimate of drug-likeness (QED) is 0.548. The van der Waals surface area contributed by atoms with Crippen molar-refractivity contribution in [2.75, 3.05) is 0 Å². The third-order valence-corrected chi connectivity index (χ3v) is 2.42. The highest BCUT2D eigenvalue weighted by Gasteiger charge is 2.32. The minimum Gasteiger partial charge on any atom is -0.293 e. The fraction of sp³-hybridized carbons (Fsp3) is 0.300. The summed E-state index contributed by atoms with van der Waals surface area (Å²) in [6.45, 7) is 4.03. The van der Waals surface area contributed by atoms with Crippen LogP contribution in [0.3, 0.4) is 0 Å². The molecule has 1 atom stereocenters. The van der Waals surface area contributed by atoms with E-state index in [0.717, 1.165) is 5.56 Å². The third kappa shape index (κ3) is 0.681. The molecule has 0 N–H and O–H groups in total. The summed E-state index contributed by atoms with van der Waals surface area (Å²) in [4.78, 5) is 11.2. The van der Waals surface area contributed by atoms with E-state index in [1.165, 1.54) is 11.1 Å². The van der Waals surface area contributed by atoms with Crippen molar-refractivity contribution < 1.29 is 4.79 Å². The zero-order valence-corrected chi connectivity index (χ0v) is 6.72. The summed E-state index contributed by atoms with van der Waals surface area (Å²) in [6.07, 6.45) is 0. The molecule has 0 spiro atoms. The van der Waals surface area contributed by atoms with E-state index in [4.69, 9.17) is 0 Å². The molecular weight excluding hydrogens is 136 g/mol. The van der Waals surface area contributed by atoms with Crippen LogP contribution in [0.2, 0.25) is 0 Å². The van der Waals surface area contributed by atoms with Gasteiger partial charge in [-0.3, -0.25) is 4.79 Å². The number of benzene rings is 1. The first-order chi connectivity index (χ1) is 5.22. The lowest BCUT2D eigenvalue weighted by Crippen LogP contribution is -2.24. The van der Waals surface area contributed by atoms with Crippen LogP contribution in [0.4, 0.5) is 0 Å². The van der Waals surface area contributed by atoms with Gasteiger partial charge < -0.3 is 0 Å². The van der Waals surface area contributed by atoms with Crippen LogP contribution < -0.4 is 0 Å². The molecule has 1 aromatic rings. The number of carbonyl (C=O) groups excluding carboxylic acids is 1. The van der Waals surface area contributed by atoms with Crippen LogP contribution in [0, 0.1) is 6.92 Å². The van der Waals surface area contributed by atoms with Crippen molar-refractivity contribution in [1.29, 1.82) is 0 Å². The maximum absolute atomic E-state index is 11.2. The summed E-state index contributed by atoms with van der Waals surface area (Å²) in [7, 11) is 0. The van der Waals surface area contributed by atoms with E-state index in [2.05, 4.69) is 13.0 Å². The van der Waals surface area contributed by atoms with E-state index < -0.39 is 0 Å². The van der Waals surface area contributed by atoms with E-state index in [1.54, 1.807) is 0 Å². The SMILES string of the molecule is Cc1cccc2c1C(C)C2=O. The maximum Gasteiger partial charge on any atom is 0.170 e. The highest BCUT2D eigenvalue weighted by Crippen LogP contribution is 2.36. The number of rotatable bonds is 0. The molecule has 0 aromatic heterocycles. The van der Waals surface area contributed by atoms with Gasteiger partial charge in [0, 0.05) is 11.5 Å². The topological polar surface area (TPSA) is 17.1 Å². The monoisotopic (exact) mass is 146 g/mol. The highest BCUT2D eigenvalue weighted by molar-refractivity contribution is 6.10. The molecule has 56 valence electrons. The Morgan fingerprint density at radius 1 is 1.36 bits per heavy atom. The van der Waals surface area contributed by atoms with E-state index in [9.17, 15) is 4.79 Å². The fourth-order valence-corrected chi connectivity index (χ4v) is 1.76. The van der Waals surface area contributed by atoms with Crippen molar-refractivity contribution in [3.8, 4) is 0 Å². The van der Waals surface area contributed by atoms with Gasteiger partial charge in [0.1, 0.15) is 0 Å². The normalized spacial score (nSPS) is 20.9. The van der Waals surface area contributed by atoms with Crippen molar-refractivity contribution >= 4 is 5.78 Å². The molecule has 0 heterocycles. The molecule has 0 radical (unpaired) electrons. The molecule has 0 amide bonds. The van der Waals surface area contributed by atoms with Crippen molar-refractivity contribution in [1.82, 2.24) is 0 Å². The molecule has 1 heteroatoms. The van der Waals surface area contributed by atoms with Crippen molar-refractivity contribution in [2.24, 2.45) is 0 Å². The Bertz CT molecular complexity index is 326. The largest absolute Gasteiger partial charge is 0.293 e. The number of fused-ring (bicyclic) bond motifs is 1. The number of carbonyl (C=O) groups is 1. The molecule has 0 bridgehead atoms. The molecule has 2 rings (SSSR count). The molecular formula is C10H10O. The first-order valence-electron chi connectivity index (χ1n) is 3.85. The molecule has 0 aliphatic heterocycles. The Morgan fingerprint density at radius 2 is 2.09 bits per heavy atom. The van der Waals surface area contributed by atoms with Gasteiger partial charge in [0.2, 0.25) is 0 Å². The summed E-state index contributed by atoms with van der Waals surface area (Å²) in [6, 6.07) is 5.91. The summed E-state index contributed by atoms with van der Waals surface area (Å²) in [5.41, 5.74) is 3.42. The summed E-state index contributed by atoms with van der Waals surface area (Å²) >= 11 is 0. The van der Waals surface area contributed by atoms with Crippen LogP contribution in [0.1, 0.15) is 34.3 Å². The Kier molecular flexibility index (Phi) is 1.16. The lowest BCUT2D eigenvalue weighted by Gasteiger charge is -2.26. The number of Topliss-reactive ketones (excluding diaryl/α,β-unsaturated/α-hetero) is 1. The first kappa shape index (κ1) is 6.59. The predicted molar refractivity (Wildman–Crippen MR) is 43.9 cm³/mol. The lowest BCUT2D eigenvalue weighted by atomic mass is 9.75. The van der Waals surface area contributed by atoms with Crippen LogP contribution >= 0.6 is 0 Å². The second-order valence-electron chi connectivity index (χ2n) is 3.12. The van der Waals surface area contributed by atoms with E-state index in [1.807, 2.05) is 19.1 Å². The fourth-order valence-electron chi connectivity index (χ4n) is 1.76. The third-order valence-electron chi connectivity index (χ3n) is 2.42. The molecule has 1 aliphatic rings. The number of aryl methyl sites for hydroxylation is 1. The highest BCUT2D eigenvalue weighted by atomic mass is 16.1. The second-order valence-corrected chi connectivity index (χ2v) is 3.12. The minimum absolute atomic E-state index is 0.145. The number of hydrogen-bond donors (Lipinski definition) is 0. The molecule has 0 saturated carbocycles. The van der Waals surface area contributed by atoms with E-state index >= 15 is 0 Å². The van der Waals surface area contributed by atoms with Crippen LogP contribution in [0.5, 0.6) is 0 Å². The molecule has 0 fully saturated rings. The van der Waals surface area contributed by atoms with E-state index in [0.29, 0.717) is 5.78 Å². The molecule has 0 saturated heterocycles. The van der Waals surface area contributed by atoms with Gasteiger partial charge in [0.15, 0.2) is 5.78 Å². The van der Waals surface area contributed by atoms with Gasteiger partial charge in [-0.1, -0.05) is 25.1 Å². The number of ketones is 1. The van der Waals surface area contributed by atoms with Crippen LogP contribution in [0.15, 0.2) is 18.2 Å². The van der Waals surface area contributed by atoms with Gasteiger partial charge in [0.25, 0.3) is 0 Å². The zero-order chi connectivity index (χ0) is 8.01. The van der Waals surface area contributed by atoms with Crippen LogP contribution in [-0.4, -0.2) is 5.78 Å². The standard InChI is InChI=1S/C10H10O/c1-6-4-3-5-8-9(6)7(2)10(8)11/h3-5,7H,1-2H3. The van der Waals surface area contributed by atoms with Crippen LogP contribution in [0.25, 0.3) is 0 Å². The van der Waals surface area contributed by atoms with Gasteiger partial charge in [-0.25, -0.2) is 0 Å². The van der Waals surface area contributed by atoms with Gasteiger partial charge in [-0.2, -0.15) is 0 Å². The number of hydrogen-bond acceptors (Lipinski definition) is 1. The van der Waals surface area contributed by atoms with Gasteiger partial charge >= 0.3 is 0 Å². The summed E-state index contributed by atoms with van der Waals surface area (Å²) < 4.78 is 0. The molecule has 1 aromatic carbocycles. The minimum atomic E-state index is 0.145. The smallest absolute Gasteiger partial charge is 0.170 e. The second kappa shape index (κ2) is 1.94. The van der Waals surface area contributed by atoms with Crippen molar-refractivity contribution in [3.05, 3.63) is 34.9 Å². The molecule has 11 heavy (non-hydrogen) atoms. The van der Waals surface area contributed by atoms with Crippen molar-refractivity contribution in [2.45, 2.75) is 19.8 Å². The molecule has 1 nitrogen and oxygen atoms in total. The maximum atomic E-state index is 11.2. The average Bonchev–Trinajstić information content (AvgIpc) is 2.03. The molecule has 1 aliphatic carbocycles. The summed E-state index contributed by atoms with van der Waals surface area (Å²) in [5.74, 6) is 0.440. The Labute approximate surface area is 66.0 Å².